The molecule has 0 amide bonds. The number of hydrogen-bond donors (Lipinski definition) is 2. The molecule has 2 N–H and O–H groups in total. The molecule has 6 heteroatoms. The number of aromatic nitrogens is 1. The molecule has 3 aromatic rings. The lowest BCUT2D eigenvalue weighted by molar-refractivity contribution is 0.0661. The number of carboxylic acids is 1. The lowest BCUT2D eigenvalue weighted by atomic mass is 10.1. The standard InChI is InChI=1S/C19H18N2O4/c1-12-14(10-17(25-12)19(22)23)11-21-15-7-5-13(6-8-15)18-16(24-2)4-3-9-20-18/h3-10,21H,11H2,1-2H3,(H,22,23). The van der Waals surface area contributed by atoms with Crippen molar-refractivity contribution in [2.75, 3.05) is 12.4 Å². The highest BCUT2D eigenvalue weighted by Crippen LogP contribution is 2.28. The normalized spacial score (nSPS) is 10.5. The van der Waals surface area contributed by atoms with Crippen LogP contribution in [0, 0.1) is 6.92 Å². The molecule has 0 saturated heterocycles. The summed E-state index contributed by atoms with van der Waals surface area (Å²) in [4.78, 5) is 15.3. The van der Waals surface area contributed by atoms with E-state index in [0.717, 1.165) is 28.3 Å². The monoisotopic (exact) mass is 338 g/mol. The molecule has 0 unspecified atom stereocenters. The van der Waals surface area contributed by atoms with Crippen molar-refractivity contribution in [3.05, 3.63) is 65.7 Å². The van der Waals surface area contributed by atoms with E-state index in [9.17, 15) is 4.79 Å². The first kappa shape index (κ1) is 16.6. The number of nitrogens with one attached hydrogen (secondary N) is 1. The number of rotatable bonds is 6. The van der Waals surface area contributed by atoms with Crippen LogP contribution in [0.2, 0.25) is 0 Å². The summed E-state index contributed by atoms with van der Waals surface area (Å²) < 4.78 is 10.5. The Bertz CT molecular complexity index is 885. The van der Waals surface area contributed by atoms with Gasteiger partial charge in [-0.1, -0.05) is 12.1 Å². The number of hydrogen-bond acceptors (Lipinski definition) is 5. The molecule has 0 fully saturated rings. The highest BCUT2D eigenvalue weighted by atomic mass is 16.5. The Balaban J connectivity index is 1.72. The van der Waals surface area contributed by atoms with Gasteiger partial charge >= 0.3 is 5.97 Å². The van der Waals surface area contributed by atoms with Crippen molar-refractivity contribution in [3.8, 4) is 17.0 Å². The van der Waals surface area contributed by atoms with Gasteiger partial charge in [-0.2, -0.15) is 0 Å². The first-order valence-corrected chi connectivity index (χ1v) is 7.74. The molecule has 0 bridgehead atoms. The summed E-state index contributed by atoms with van der Waals surface area (Å²) in [5, 5.41) is 12.2. The Hall–Kier alpha value is -3.28. The minimum absolute atomic E-state index is 0.0492. The Morgan fingerprint density at radius 1 is 1.28 bits per heavy atom. The molecule has 0 atom stereocenters. The van der Waals surface area contributed by atoms with E-state index in [2.05, 4.69) is 10.3 Å². The molecule has 0 saturated carbocycles. The largest absolute Gasteiger partial charge is 0.494 e. The van der Waals surface area contributed by atoms with Crippen LogP contribution in [-0.4, -0.2) is 23.2 Å². The molecule has 2 aromatic heterocycles. The first-order chi connectivity index (χ1) is 12.1. The zero-order chi connectivity index (χ0) is 17.8. The number of methoxy groups -OCH3 is 1. The number of benzene rings is 1. The third kappa shape index (κ3) is 3.63. The molecule has 0 aliphatic rings. The zero-order valence-electron chi connectivity index (χ0n) is 13.9. The summed E-state index contributed by atoms with van der Waals surface area (Å²) in [6, 6.07) is 13.0. The smallest absolute Gasteiger partial charge is 0.371 e. The van der Waals surface area contributed by atoms with Gasteiger partial charge in [-0.3, -0.25) is 4.98 Å². The van der Waals surface area contributed by atoms with E-state index >= 15 is 0 Å². The summed E-state index contributed by atoms with van der Waals surface area (Å²) >= 11 is 0. The molecular weight excluding hydrogens is 320 g/mol. The number of ether oxygens (including phenoxy) is 1. The molecule has 2 heterocycles. The fourth-order valence-electron chi connectivity index (χ4n) is 2.52. The van der Waals surface area contributed by atoms with E-state index in [1.807, 2.05) is 36.4 Å². The average molecular weight is 338 g/mol. The van der Waals surface area contributed by atoms with Crippen molar-refractivity contribution in [1.82, 2.24) is 4.98 Å². The molecule has 0 aliphatic heterocycles. The lowest BCUT2D eigenvalue weighted by Gasteiger charge is -2.09. The molecule has 3 rings (SSSR count). The maximum Gasteiger partial charge on any atom is 0.371 e. The number of carboxylic acid groups (broad SMARTS) is 1. The van der Waals surface area contributed by atoms with Gasteiger partial charge in [0.25, 0.3) is 0 Å². The van der Waals surface area contributed by atoms with Crippen LogP contribution >= 0.6 is 0 Å². The number of anilines is 1. The Kier molecular flexibility index (Phi) is 4.70. The highest BCUT2D eigenvalue weighted by Gasteiger charge is 2.13. The van der Waals surface area contributed by atoms with Gasteiger partial charge in [-0.15, -0.1) is 0 Å². The van der Waals surface area contributed by atoms with Crippen molar-refractivity contribution in [3.63, 3.8) is 0 Å². The number of furan rings is 1. The van der Waals surface area contributed by atoms with E-state index in [0.29, 0.717) is 12.3 Å². The van der Waals surface area contributed by atoms with Crippen LogP contribution in [0.1, 0.15) is 21.9 Å². The van der Waals surface area contributed by atoms with Crippen LogP contribution in [0.25, 0.3) is 11.3 Å². The zero-order valence-corrected chi connectivity index (χ0v) is 13.9. The summed E-state index contributed by atoms with van der Waals surface area (Å²) in [7, 11) is 1.62. The quantitative estimate of drug-likeness (QED) is 0.707. The molecular formula is C19H18N2O4. The molecule has 1 aromatic carbocycles. The van der Waals surface area contributed by atoms with Crippen molar-refractivity contribution in [2.45, 2.75) is 13.5 Å². The van der Waals surface area contributed by atoms with E-state index < -0.39 is 5.97 Å². The van der Waals surface area contributed by atoms with Gasteiger partial charge in [0, 0.05) is 29.6 Å². The van der Waals surface area contributed by atoms with E-state index in [1.165, 1.54) is 6.07 Å². The van der Waals surface area contributed by atoms with Crippen molar-refractivity contribution >= 4 is 11.7 Å². The number of nitrogens with zero attached hydrogens (tertiary/aromatic N) is 1. The van der Waals surface area contributed by atoms with Crippen LogP contribution in [0.3, 0.4) is 0 Å². The molecule has 6 nitrogen and oxygen atoms in total. The van der Waals surface area contributed by atoms with Gasteiger partial charge in [0.05, 0.1) is 7.11 Å². The minimum Gasteiger partial charge on any atom is -0.494 e. The van der Waals surface area contributed by atoms with Crippen molar-refractivity contribution in [1.29, 1.82) is 0 Å². The molecule has 0 spiro atoms. The second-order valence-corrected chi connectivity index (χ2v) is 5.48. The lowest BCUT2D eigenvalue weighted by Crippen LogP contribution is -1.99. The Labute approximate surface area is 145 Å². The first-order valence-electron chi connectivity index (χ1n) is 7.74. The van der Waals surface area contributed by atoms with Crippen LogP contribution in [0.5, 0.6) is 5.75 Å². The van der Waals surface area contributed by atoms with E-state index in [-0.39, 0.29) is 5.76 Å². The molecule has 25 heavy (non-hydrogen) atoms. The topological polar surface area (TPSA) is 84.6 Å². The second-order valence-electron chi connectivity index (χ2n) is 5.48. The number of pyridine rings is 1. The third-order valence-corrected chi connectivity index (χ3v) is 3.86. The maximum atomic E-state index is 10.9. The van der Waals surface area contributed by atoms with Gasteiger partial charge in [0.1, 0.15) is 17.2 Å². The van der Waals surface area contributed by atoms with Crippen LogP contribution < -0.4 is 10.1 Å². The van der Waals surface area contributed by atoms with Gasteiger partial charge in [-0.25, -0.2) is 4.79 Å². The number of aryl methyl sites for hydroxylation is 1. The van der Waals surface area contributed by atoms with Gasteiger partial charge in [0.15, 0.2) is 0 Å². The van der Waals surface area contributed by atoms with Crippen LogP contribution in [0.4, 0.5) is 5.69 Å². The van der Waals surface area contributed by atoms with Crippen LogP contribution in [0.15, 0.2) is 53.1 Å². The predicted molar refractivity (Wildman–Crippen MR) is 94.0 cm³/mol. The average Bonchev–Trinajstić information content (AvgIpc) is 3.01. The fourth-order valence-corrected chi connectivity index (χ4v) is 2.52. The van der Waals surface area contributed by atoms with Gasteiger partial charge in [-0.05, 0) is 37.3 Å². The molecule has 0 aliphatic carbocycles. The van der Waals surface area contributed by atoms with E-state index in [1.54, 1.807) is 20.2 Å². The Morgan fingerprint density at radius 3 is 2.68 bits per heavy atom. The van der Waals surface area contributed by atoms with Crippen molar-refractivity contribution < 1.29 is 19.1 Å². The third-order valence-electron chi connectivity index (χ3n) is 3.86. The number of aromatic carboxylic acids is 1. The summed E-state index contributed by atoms with van der Waals surface area (Å²) in [5.74, 6) is 0.202. The number of carbonyl (C=O) groups is 1. The highest BCUT2D eigenvalue weighted by molar-refractivity contribution is 5.84. The Morgan fingerprint density at radius 2 is 2.04 bits per heavy atom. The second kappa shape index (κ2) is 7.09. The summed E-state index contributed by atoms with van der Waals surface area (Å²) in [6.45, 7) is 2.23. The molecule has 128 valence electrons. The van der Waals surface area contributed by atoms with Crippen molar-refractivity contribution in [2.24, 2.45) is 0 Å². The SMILES string of the molecule is COc1cccnc1-c1ccc(NCc2cc(C(=O)O)oc2C)cc1. The maximum absolute atomic E-state index is 10.9. The van der Waals surface area contributed by atoms with Crippen LogP contribution in [-0.2, 0) is 6.54 Å². The van der Waals surface area contributed by atoms with Gasteiger partial charge in [0.2, 0.25) is 5.76 Å². The van der Waals surface area contributed by atoms with Gasteiger partial charge < -0.3 is 19.6 Å². The van der Waals surface area contributed by atoms with E-state index in [4.69, 9.17) is 14.3 Å². The summed E-state index contributed by atoms with van der Waals surface area (Å²) in [5.41, 5.74) is 3.47. The predicted octanol–water partition coefficient (Wildman–Crippen LogP) is 3.97. The minimum atomic E-state index is -1.07. The molecule has 0 radical (unpaired) electrons. The summed E-state index contributed by atoms with van der Waals surface area (Å²) in [6.07, 6.45) is 1.73. The fraction of sp³-hybridized carbons (Fsp3) is 0.158.